The maximum absolute atomic E-state index is 5.17. The highest BCUT2D eigenvalue weighted by atomic mass is 32.1. The first-order valence-electron chi connectivity index (χ1n) is 6.18. The summed E-state index contributed by atoms with van der Waals surface area (Å²) < 4.78 is 0. The number of nitrogens with zero attached hydrogens (tertiary/aromatic N) is 5. The van der Waals surface area contributed by atoms with Gasteiger partial charge in [-0.15, -0.1) is 11.3 Å². The lowest BCUT2D eigenvalue weighted by atomic mass is 10.3. The zero-order valence-corrected chi connectivity index (χ0v) is 12.0. The molecule has 104 valence electrons. The molecule has 0 unspecified atom stereocenters. The summed E-state index contributed by atoms with van der Waals surface area (Å²) in [5.74, 6) is 0. The molecule has 0 N–H and O–H groups in total. The monoisotopic (exact) mass is 297 g/mol. The van der Waals surface area contributed by atoms with Crippen LogP contribution in [0, 0.1) is 0 Å². The predicted molar refractivity (Wildman–Crippen MR) is 80.2 cm³/mol. The Labute approximate surface area is 125 Å². The maximum Gasteiger partial charge on any atom is 0.345 e. The number of oxime groups is 1. The largest absolute Gasteiger partial charge is 0.345 e. The van der Waals surface area contributed by atoms with Crippen molar-refractivity contribution < 1.29 is 4.84 Å². The number of rotatable bonds is 4. The first kappa shape index (κ1) is 13.3. The lowest BCUT2D eigenvalue weighted by Crippen LogP contribution is -1.97. The topological polar surface area (TPSA) is 73.2 Å². The Morgan fingerprint density at radius 2 is 1.95 bits per heavy atom. The van der Waals surface area contributed by atoms with E-state index in [2.05, 4.69) is 25.1 Å². The van der Waals surface area contributed by atoms with E-state index in [0.29, 0.717) is 0 Å². The van der Waals surface area contributed by atoms with Gasteiger partial charge in [-0.2, -0.15) is 0 Å². The number of aromatic nitrogens is 4. The molecule has 0 aliphatic carbocycles. The summed E-state index contributed by atoms with van der Waals surface area (Å²) in [6.07, 6.45) is 8.48. The highest BCUT2D eigenvalue weighted by Gasteiger charge is 2.07. The summed E-state index contributed by atoms with van der Waals surface area (Å²) in [5, 5.41) is 4.91. The van der Waals surface area contributed by atoms with E-state index in [-0.39, 0.29) is 6.01 Å². The second-order valence-corrected chi connectivity index (χ2v) is 5.10. The quantitative estimate of drug-likeness (QED) is 0.547. The fourth-order valence-electron chi connectivity index (χ4n) is 1.55. The van der Waals surface area contributed by atoms with Crippen LogP contribution < -0.4 is 4.84 Å². The zero-order chi connectivity index (χ0) is 14.5. The lowest BCUT2D eigenvalue weighted by Gasteiger charge is -1.97. The molecular formula is C14H11N5OS. The van der Waals surface area contributed by atoms with Gasteiger partial charge in [0.05, 0.1) is 10.6 Å². The lowest BCUT2D eigenvalue weighted by molar-refractivity contribution is 0.312. The smallest absolute Gasteiger partial charge is 0.315 e. The molecule has 7 heteroatoms. The van der Waals surface area contributed by atoms with Crippen molar-refractivity contribution in [2.75, 3.05) is 0 Å². The van der Waals surface area contributed by atoms with Crippen molar-refractivity contribution >= 4 is 17.0 Å². The van der Waals surface area contributed by atoms with Gasteiger partial charge in [0.1, 0.15) is 5.01 Å². The van der Waals surface area contributed by atoms with Crippen molar-refractivity contribution in [2.45, 2.75) is 6.92 Å². The molecule has 21 heavy (non-hydrogen) atoms. The second-order valence-electron chi connectivity index (χ2n) is 4.07. The van der Waals surface area contributed by atoms with Crippen LogP contribution in [0.1, 0.15) is 11.8 Å². The normalized spacial score (nSPS) is 11.4. The van der Waals surface area contributed by atoms with Crippen molar-refractivity contribution in [3.8, 4) is 16.6 Å². The Hall–Kier alpha value is -2.67. The van der Waals surface area contributed by atoms with Crippen LogP contribution in [0.4, 0.5) is 0 Å². The molecule has 6 nitrogen and oxygen atoms in total. The number of hydrogen-bond acceptors (Lipinski definition) is 7. The van der Waals surface area contributed by atoms with Crippen molar-refractivity contribution in [1.82, 2.24) is 19.9 Å². The van der Waals surface area contributed by atoms with E-state index in [1.54, 1.807) is 37.1 Å². The average molecular weight is 297 g/mol. The van der Waals surface area contributed by atoms with Crippen LogP contribution in [0.25, 0.3) is 10.6 Å². The highest BCUT2D eigenvalue weighted by Crippen LogP contribution is 2.24. The molecule has 0 atom stereocenters. The van der Waals surface area contributed by atoms with Gasteiger partial charge >= 0.3 is 6.01 Å². The molecule has 0 radical (unpaired) electrons. The fraction of sp³-hybridized carbons (Fsp3) is 0.0714. The van der Waals surface area contributed by atoms with E-state index < -0.39 is 0 Å². The van der Waals surface area contributed by atoms with Gasteiger partial charge in [0.25, 0.3) is 0 Å². The molecule has 0 saturated heterocycles. The molecule has 0 saturated carbocycles. The van der Waals surface area contributed by atoms with Crippen LogP contribution in [-0.2, 0) is 0 Å². The molecule has 3 aromatic rings. The standard InChI is InChI=1S/C14H11N5OS/c1-10(19-20-14-16-6-3-7-17-14)12-9-18-13(21-12)11-4-2-5-15-8-11/h2-9H,1H3. The molecule has 0 aliphatic heterocycles. The average Bonchev–Trinajstić information content (AvgIpc) is 3.04. The fourth-order valence-corrected chi connectivity index (χ4v) is 2.39. The maximum atomic E-state index is 5.17. The first-order valence-corrected chi connectivity index (χ1v) is 7.00. The van der Waals surface area contributed by atoms with Crippen LogP contribution in [0.3, 0.4) is 0 Å². The van der Waals surface area contributed by atoms with Gasteiger partial charge in [-0.1, -0.05) is 5.16 Å². The predicted octanol–water partition coefficient (Wildman–Crippen LogP) is 2.80. The van der Waals surface area contributed by atoms with Crippen LogP contribution in [-0.4, -0.2) is 25.6 Å². The van der Waals surface area contributed by atoms with E-state index in [1.807, 2.05) is 19.1 Å². The molecule has 3 heterocycles. The Balaban J connectivity index is 1.77. The molecule has 0 aliphatic rings. The van der Waals surface area contributed by atoms with Gasteiger partial charge < -0.3 is 4.84 Å². The van der Waals surface area contributed by atoms with Crippen LogP contribution in [0.2, 0.25) is 0 Å². The first-order chi connectivity index (χ1) is 10.3. The van der Waals surface area contributed by atoms with Gasteiger partial charge in [0.2, 0.25) is 0 Å². The molecular weight excluding hydrogens is 286 g/mol. The minimum atomic E-state index is 0.217. The van der Waals surface area contributed by atoms with Crippen LogP contribution in [0.15, 0.2) is 54.3 Å². The van der Waals surface area contributed by atoms with E-state index in [9.17, 15) is 0 Å². The molecule has 0 fully saturated rings. The third-order valence-corrected chi connectivity index (χ3v) is 3.73. The number of thiazole rings is 1. The summed E-state index contributed by atoms with van der Waals surface area (Å²) in [5.41, 5.74) is 1.70. The molecule has 0 amide bonds. The summed E-state index contributed by atoms with van der Waals surface area (Å²) in [4.78, 5) is 22.4. The third kappa shape index (κ3) is 3.26. The van der Waals surface area contributed by atoms with E-state index >= 15 is 0 Å². The van der Waals surface area contributed by atoms with E-state index in [0.717, 1.165) is 21.2 Å². The number of hydrogen-bond donors (Lipinski definition) is 0. The molecule has 3 aromatic heterocycles. The molecule has 0 aromatic carbocycles. The minimum absolute atomic E-state index is 0.217. The SMILES string of the molecule is CC(=NOc1ncccn1)c1cnc(-c2cccnc2)s1. The Morgan fingerprint density at radius 3 is 2.71 bits per heavy atom. The van der Waals surface area contributed by atoms with Gasteiger partial charge in [-0.05, 0) is 25.1 Å². The minimum Gasteiger partial charge on any atom is -0.315 e. The summed E-state index contributed by atoms with van der Waals surface area (Å²) >= 11 is 1.53. The van der Waals surface area contributed by atoms with Gasteiger partial charge in [0.15, 0.2) is 0 Å². The van der Waals surface area contributed by atoms with Crippen molar-refractivity contribution in [1.29, 1.82) is 0 Å². The Bertz CT molecular complexity index is 742. The van der Waals surface area contributed by atoms with E-state index in [1.165, 1.54) is 11.3 Å². The molecule has 0 bridgehead atoms. The molecule has 0 spiro atoms. The van der Waals surface area contributed by atoms with Gasteiger partial charge in [-0.3, -0.25) is 4.98 Å². The van der Waals surface area contributed by atoms with Crippen LogP contribution >= 0.6 is 11.3 Å². The zero-order valence-electron chi connectivity index (χ0n) is 11.2. The van der Waals surface area contributed by atoms with Gasteiger partial charge in [-0.25, -0.2) is 15.0 Å². The summed E-state index contributed by atoms with van der Waals surface area (Å²) in [6.45, 7) is 1.85. The highest BCUT2D eigenvalue weighted by molar-refractivity contribution is 7.17. The Kier molecular flexibility index (Phi) is 3.92. The third-order valence-electron chi connectivity index (χ3n) is 2.58. The van der Waals surface area contributed by atoms with Gasteiger partial charge in [0, 0.05) is 36.5 Å². The van der Waals surface area contributed by atoms with Crippen molar-refractivity contribution in [3.63, 3.8) is 0 Å². The molecule has 3 rings (SSSR count). The van der Waals surface area contributed by atoms with Crippen LogP contribution in [0.5, 0.6) is 6.01 Å². The van der Waals surface area contributed by atoms with Crippen molar-refractivity contribution in [2.24, 2.45) is 5.16 Å². The second kappa shape index (κ2) is 6.19. The number of pyridine rings is 1. The van der Waals surface area contributed by atoms with E-state index in [4.69, 9.17) is 4.84 Å². The van der Waals surface area contributed by atoms with Crippen molar-refractivity contribution in [3.05, 3.63) is 54.1 Å². The summed E-state index contributed by atoms with van der Waals surface area (Å²) in [7, 11) is 0. The Morgan fingerprint density at radius 1 is 1.10 bits per heavy atom. The summed E-state index contributed by atoms with van der Waals surface area (Å²) in [6, 6.07) is 5.78.